The number of fused-ring (bicyclic) bond motifs is 1. The van der Waals surface area contributed by atoms with Crippen molar-refractivity contribution < 1.29 is 4.79 Å². The molecule has 4 rings (SSSR count). The van der Waals surface area contributed by atoms with Crippen LogP contribution in [0, 0.1) is 5.92 Å². The van der Waals surface area contributed by atoms with Crippen LogP contribution in [-0.2, 0) is 24.7 Å². The SMILES string of the molecule is CC1CCc2c(-c3nnc(SCC(=O)Nc4ccc(Br)cc4)n3C)csc2C1. The summed E-state index contributed by atoms with van der Waals surface area (Å²) in [7, 11) is 1.97. The highest BCUT2D eigenvalue weighted by Gasteiger charge is 2.23. The maximum absolute atomic E-state index is 12.2. The van der Waals surface area contributed by atoms with Crippen molar-refractivity contribution >= 4 is 50.6 Å². The molecule has 0 saturated heterocycles. The number of rotatable bonds is 5. The third kappa shape index (κ3) is 4.18. The number of hydrogen-bond acceptors (Lipinski definition) is 5. The highest BCUT2D eigenvalue weighted by Crippen LogP contribution is 2.38. The fourth-order valence-corrected chi connectivity index (χ4v) is 5.62. The first-order valence-electron chi connectivity index (χ1n) is 9.18. The number of nitrogens with zero attached hydrogens (tertiary/aromatic N) is 3. The number of halogens is 1. The topological polar surface area (TPSA) is 59.8 Å². The average Bonchev–Trinajstić information content (AvgIpc) is 3.24. The lowest BCUT2D eigenvalue weighted by Gasteiger charge is -2.18. The number of thiophene rings is 1. The van der Waals surface area contributed by atoms with Crippen LogP contribution in [0.25, 0.3) is 11.4 Å². The van der Waals surface area contributed by atoms with Gasteiger partial charge in [-0.3, -0.25) is 4.79 Å². The fourth-order valence-electron chi connectivity index (χ4n) is 3.40. The minimum atomic E-state index is -0.0567. The van der Waals surface area contributed by atoms with E-state index in [4.69, 9.17) is 0 Å². The largest absolute Gasteiger partial charge is 0.325 e. The fraction of sp³-hybridized carbons (Fsp3) is 0.350. The van der Waals surface area contributed by atoms with Crippen LogP contribution < -0.4 is 5.32 Å². The van der Waals surface area contributed by atoms with Crippen molar-refractivity contribution in [2.45, 2.75) is 31.3 Å². The summed E-state index contributed by atoms with van der Waals surface area (Å²) in [4.78, 5) is 13.7. The monoisotopic (exact) mass is 476 g/mol. The van der Waals surface area contributed by atoms with Gasteiger partial charge >= 0.3 is 0 Å². The normalized spacial score (nSPS) is 16.0. The van der Waals surface area contributed by atoms with Crippen molar-refractivity contribution in [1.82, 2.24) is 14.8 Å². The molecule has 1 N–H and O–H groups in total. The molecule has 1 aromatic carbocycles. The molecule has 0 fully saturated rings. The Morgan fingerprint density at radius 2 is 2.14 bits per heavy atom. The van der Waals surface area contributed by atoms with Gasteiger partial charge in [0.2, 0.25) is 5.91 Å². The Balaban J connectivity index is 1.43. The second-order valence-electron chi connectivity index (χ2n) is 7.11. The van der Waals surface area contributed by atoms with Crippen molar-refractivity contribution in [3.8, 4) is 11.4 Å². The Morgan fingerprint density at radius 1 is 1.36 bits per heavy atom. The molecule has 1 amide bonds. The zero-order chi connectivity index (χ0) is 19.7. The number of amides is 1. The number of thioether (sulfide) groups is 1. The third-order valence-electron chi connectivity index (χ3n) is 4.94. The predicted octanol–water partition coefficient (Wildman–Crippen LogP) is 5.16. The zero-order valence-electron chi connectivity index (χ0n) is 15.7. The average molecular weight is 477 g/mol. The van der Waals surface area contributed by atoms with E-state index in [0.29, 0.717) is 5.75 Å². The summed E-state index contributed by atoms with van der Waals surface area (Å²) < 4.78 is 2.98. The molecule has 146 valence electrons. The number of anilines is 1. The molecule has 0 aliphatic heterocycles. The van der Waals surface area contributed by atoms with Gasteiger partial charge in [-0.2, -0.15) is 0 Å². The molecule has 0 saturated carbocycles. The minimum Gasteiger partial charge on any atom is -0.325 e. The summed E-state index contributed by atoms with van der Waals surface area (Å²) in [6.07, 6.45) is 3.50. The molecule has 28 heavy (non-hydrogen) atoms. The molecule has 2 aromatic heterocycles. The molecule has 5 nitrogen and oxygen atoms in total. The van der Waals surface area contributed by atoms with E-state index in [0.717, 1.165) is 39.9 Å². The van der Waals surface area contributed by atoms with Crippen molar-refractivity contribution in [2.24, 2.45) is 13.0 Å². The molecule has 3 aromatic rings. The molecule has 8 heteroatoms. The van der Waals surface area contributed by atoms with Gasteiger partial charge in [0.15, 0.2) is 11.0 Å². The molecule has 1 atom stereocenters. The van der Waals surface area contributed by atoms with E-state index < -0.39 is 0 Å². The van der Waals surface area contributed by atoms with Crippen LogP contribution >= 0.6 is 39.0 Å². The molecule has 0 radical (unpaired) electrons. The van der Waals surface area contributed by atoms with Gasteiger partial charge in [0.25, 0.3) is 0 Å². The van der Waals surface area contributed by atoms with Gasteiger partial charge in [0.05, 0.1) is 5.75 Å². The quantitative estimate of drug-likeness (QED) is 0.516. The summed E-state index contributed by atoms with van der Waals surface area (Å²) in [6.45, 7) is 2.32. The molecule has 1 aliphatic carbocycles. The van der Waals surface area contributed by atoms with E-state index in [-0.39, 0.29) is 5.91 Å². The Hall–Kier alpha value is -1.64. The number of carbonyl (C=O) groups excluding carboxylic acids is 1. The lowest BCUT2D eigenvalue weighted by atomic mass is 9.88. The van der Waals surface area contributed by atoms with Crippen LogP contribution in [0.1, 0.15) is 23.8 Å². The maximum Gasteiger partial charge on any atom is 0.234 e. The van der Waals surface area contributed by atoms with Crippen LogP contribution in [0.4, 0.5) is 5.69 Å². The molecule has 0 spiro atoms. The van der Waals surface area contributed by atoms with Crippen molar-refractivity contribution in [3.05, 3.63) is 44.6 Å². The van der Waals surface area contributed by atoms with Gasteiger partial charge in [-0.15, -0.1) is 21.5 Å². The van der Waals surface area contributed by atoms with Gasteiger partial charge in [0, 0.05) is 33.0 Å². The minimum absolute atomic E-state index is 0.0567. The summed E-state index contributed by atoms with van der Waals surface area (Å²) in [5.74, 6) is 1.89. The van der Waals surface area contributed by atoms with E-state index in [9.17, 15) is 4.79 Å². The zero-order valence-corrected chi connectivity index (χ0v) is 19.0. The first-order valence-corrected chi connectivity index (χ1v) is 11.8. The lowest BCUT2D eigenvalue weighted by Crippen LogP contribution is -2.14. The highest BCUT2D eigenvalue weighted by atomic mass is 79.9. The highest BCUT2D eigenvalue weighted by molar-refractivity contribution is 9.10. The van der Waals surface area contributed by atoms with Crippen molar-refractivity contribution in [1.29, 1.82) is 0 Å². The van der Waals surface area contributed by atoms with E-state index in [1.165, 1.54) is 34.2 Å². The predicted molar refractivity (Wildman–Crippen MR) is 119 cm³/mol. The molecular weight excluding hydrogens is 456 g/mol. The second-order valence-corrected chi connectivity index (χ2v) is 9.93. The van der Waals surface area contributed by atoms with Crippen molar-refractivity contribution in [3.63, 3.8) is 0 Å². The van der Waals surface area contributed by atoms with E-state index >= 15 is 0 Å². The van der Waals surface area contributed by atoms with Crippen LogP contribution in [0.5, 0.6) is 0 Å². The van der Waals surface area contributed by atoms with Gasteiger partial charge in [-0.1, -0.05) is 34.6 Å². The number of hydrogen-bond donors (Lipinski definition) is 1. The number of aromatic nitrogens is 3. The molecule has 1 aliphatic rings. The summed E-state index contributed by atoms with van der Waals surface area (Å²) in [5.41, 5.74) is 3.42. The number of nitrogens with one attached hydrogen (secondary N) is 1. The van der Waals surface area contributed by atoms with Crippen LogP contribution in [-0.4, -0.2) is 26.4 Å². The molecule has 0 bridgehead atoms. The summed E-state index contributed by atoms with van der Waals surface area (Å²) in [6, 6.07) is 7.54. The van der Waals surface area contributed by atoms with Crippen LogP contribution in [0.2, 0.25) is 0 Å². The Labute approximate surface area is 181 Å². The summed E-state index contributed by atoms with van der Waals surface area (Å²) >= 11 is 6.63. The first-order chi connectivity index (χ1) is 13.5. The van der Waals surface area contributed by atoms with Gasteiger partial charge in [-0.05, 0) is 55.0 Å². The Morgan fingerprint density at radius 3 is 2.93 bits per heavy atom. The second kappa shape index (κ2) is 8.39. The van der Waals surface area contributed by atoms with E-state index in [2.05, 4.69) is 43.7 Å². The standard InChI is InChI=1S/C20H21BrN4OS2/c1-12-3-8-15-16(10-27-17(15)9-12)19-23-24-20(25(19)2)28-11-18(26)22-14-6-4-13(21)5-7-14/h4-7,10,12H,3,8-9,11H2,1-2H3,(H,22,26). The molecular formula is C20H21BrN4OS2. The summed E-state index contributed by atoms with van der Waals surface area (Å²) in [5, 5.41) is 14.6. The smallest absolute Gasteiger partial charge is 0.234 e. The first kappa shape index (κ1) is 19.7. The van der Waals surface area contributed by atoms with Gasteiger partial charge < -0.3 is 9.88 Å². The van der Waals surface area contributed by atoms with E-state index in [1.807, 2.05) is 47.2 Å². The number of carbonyl (C=O) groups is 1. The maximum atomic E-state index is 12.2. The van der Waals surface area contributed by atoms with Gasteiger partial charge in [-0.25, -0.2) is 0 Å². The van der Waals surface area contributed by atoms with Crippen LogP contribution in [0.3, 0.4) is 0 Å². The Kier molecular flexibility index (Phi) is 5.89. The lowest BCUT2D eigenvalue weighted by molar-refractivity contribution is -0.113. The third-order valence-corrected chi connectivity index (χ3v) is 7.54. The van der Waals surface area contributed by atoms with Crippen molar-refractivity contribution in [2.75, 3.05) is 11.1 Å². The Bertz CT molecular complexity index is 996. The molecule has 1 unspecified atom stereocenters. The number of benzene rings is 1. The molecule has 2 heterocycles. The van der Waals surface area contributed by atoms with Gasteiger partial charge in [0.1, 0.15) is 0 Å². The van der Waals surface area contributed by atoms with Crippen LogP contribution in [0.15, 0.2) is 39.3 Å². The van der Waals surface area contributed by atoms with E-state index in [1.54, 1.807) is 0 Å².